The van der Waals surface area contributed by atoms with Gasteiger partial charge in [-0.05, 0) is 25.2 Å². The van der Waals surface area contributed by atoms with Gasteiger partial charge in [-0.3, -0.25) is 4.79 Å². The van der Waals surface area contributed by atoms with Crippen LogP contribution in [0.1, 0.15) is 40.0 Å². The fourth-order valence-electron chi connectivity index (χ4n) is 3.82. The van der Waals surface area contributed by atoms with Gasteiger partial charge in [0.25, 0.3) is 0 Å². The van der Waals surface area contributed by atoms with Crippen LogP contribution in [0.3, 0.4) is 0 Å². The Labute approximate surface area is 118 Å². The van der Waals surface area contributed by atoms with Crippen LogP contribution in [0.2, 0.25) is 0 Å². The third kappa shape index (κ3) is 1.58. The van der Waals surface area contributed by atoms with Gasteiger partial charge >= 0.3 is 5.97 Å². The summed E-state index contributed by atoms with van der Waals surface area (Å²) in [6, 6.07) is 2.17. The van der Waals surface area contributed by atoms with Gasteiger partial charge in [-0.15, -0.1) is 0 Å². The topological polar surface area (TPSA) is 79.5 Å². The highest BCUT2D eigenvalue weighted by molar-refractivity contribution is 5.84. The molecule has 20 heavy (non-hydrogen) atoms. The normalized spacial score (nSPS) is 43.5. The van der Waals surface area contributed by atoms with Gasteiger partial charge in [-0.25, -0.2) is 0 Å². The van der Waals surface area contributed by atoms with Crippen LogP contribution in [-0.2, 0) is 14.3 Å². The number of nitrogens with zero attached hydrogens (tertiary/aromatic N) is 1. The highest BCUT2D eigenvalue weighted by Crippen LogP contribution is 2.62. The number of rotatable bonds is 4. The average molecular weight is 279 g/mol. The summed E-state index contributed by atoms with van der Waals surface area (Å²) in [5.74, 6) is -0.321. The Balaban J connectivity index is 1.78. The van der Waals surface area contributed by atoms with Crippen molar-refractivity contribution in [3.05, 3.63) is 0 Å². The van der Waals surface area contributed by atoms with E-state index >= 15 is 0 Å². The minimum atomic E-state index is -0.944. The fraction of sp³-hybridized carbons (Fsp3) is 0.867. The molecule has 1 saturated heterocycles. The number of carbonyl (C=O) groups excluding carboxylic acids is 1. The van der Waals surface area contributed by atoms with Crippen molar-refractivity contribution in [1.82, 2.24) is 0 Å². The number of ether oxygens (including phenoxy) is 2. The number of nitriles is 1. The molecular weight excluding hydrogens is 258 g/mol. The zero-order valence-electron chi connectivity index (χ0n) is 12.1. The SMILES string of the molecule is CCC(C)(C)C(O)OC1C2CC3C1OC(=O)[C@]3(C#N)C2. The third-order valence-electron chi connectivity index (χ3n) is 5.63. The maximum atomic E-state index is 12.0. The lowest BCUT2D eigenvalue weighted by Gasteiger charge is -2.35. The molecule has 0 amide bonds. The number of aliphatic hydroxyl groups excluding tert-OH is 1. The standard InChI is InChI=1S/C15H21NO4/c1-4-14(2,3)12(17)19-10-8-5-9-11(10)20-13(18)15(9,6-8)7-16/h8-12,17H,4-6H2,1-3H3/t8?,9?,10?,11?,12?,15-/m0/s1. The zero-order chi connectivity index (χ0) is 14.7. The molecular formula is C15H21NO4. The molecule has 2 bridgehead atoms. The van der Waals surface area contributed by atoms with Crippen LogP contribution >= 0.6 is 0 Å². The number of fused-ring (bicyclic) bond motifs is 1. The van der Waals surface area contributed by atoms with Crippen molar-refractivity contribution in [2.75, 3.05) is 0 Å². The van der Waals surface area contributed by atoms with Gasteiger partial charge in [-0.1, -0.05) is 20.8 Å². The molecule has 1 heterocycles. The Morgan fingerprint density at radius 2 is 2.35 bits per heavy atom. The van der Waals surface area contributed by atoms with E-state index in [1.165, 1.54) is 0 Å². The summed E-state index contributed by atoms with van der Waals surface area (Å²) in [6.07, 6.45) is 0.577. The Hall–Kier alpha value is -1.12. The van der Waals surface area contributed by atoms with Crippen molar-refractivity contribution in [2.24, 2.45) is 22.7 Å². The number of hydrogen-bond acceptors (Lipinski definition) is 5. The summed E-state index contributed by atoms with van der Waals surface area (Å²) >= 11 is 0. The molecule has 0 aromatic carbocycles. The first-order chi connectivity index (χ1) is 9.35. The molecule has 3 fully saturated rings. The lowest BCUT2D eigenvalue weighted by molar-refractivity contribution is -0.219. The molecule has 3 rings (SSSR count). The number of aliphatic hydroxyl groups is 1. The monoisotopic (exact) mass is 279 g/mol. The molecule has 0 aromatic heterocycles. The van der Waals surface area contributed by atoms with Crippen molar-refractivity contribution in [3.8, 4) is 6.07 Å². The third-order valence-corrected chi connectivity index (χ3v) is 5.63. The second kappa shape index (κ2) is 4.19. The van der Waals surface area contributed by atoms with E-state index in [0.717, 1.165) is 12.8 Å². The Morgan fingerprint density at radius 3 is 2.95 bits per heavy atom. The molecule has 110 valence electrons. The van der Waals surface area contributed by atoms with Gasteiger partial charge in [0.15, 0.2) is 11.7 Å². The molecule has 0 spiro atoms. The van der Waals surface area contributed by atoms with Crippen molar-refractivity contribution in [3.63, 3.8) is 0 Å². The zero-order valence-corrected chi connectivity index (χ0v) is 12.1. The van der Waals surface area contributed by atoms with E-state index < -0.39 is 17.7 Å². The molecule has 0 radical (unpaired) electrons. The van der Waals surface area contributed by atoms with Crippen LogP contribution in [-0.4, -0.2) is 29.6 Å². The van der Waals surface area contributed by atoms with Crippen LogP contribution < -0.4 is 0 Å². The molecule has 0 aromatic rings. The number of carbonyl (C=O) groups is 1. The van der Waals surface area contributed by atoms with Gasteiger partial charge in [0.05, 0.1) is 6.07 Å². The van der Waals surface area contributed by atoms with E-state index in [9.17, 15) is 15.2 Å². The van der Waals surface area contributed by atoms with Gasteiger partial charge in [-0.2, -0.15) is 5.26 Å². The maximum absolute atomic E-state index is 12.0. The van der Waals surface area contributed by atoms with Crippen LogP contribution in [0, 0.1) is 34.0 Å². The molecule has 5 heteroatoms. The van der Waals surface area contributed by atoms with E-state index in [1.807, 2.05) is 20.8 Å². The first-order valence-corrected chi connectivity index (χ1v) is 7.31. The minimum Gasteiger partial charge on any atom is -0.458 e. The largest absolute Gasteiger partial charge is 0.458 e. The minimum absolute atomic E-state index is 0.0630. The second-order valence-electron chi connectivity index (χ2n) is 7.05. The Kier molecular flexibility index (Phi) is 2.90. The second-order valence-corrected chi connectivity index (χ2v) is 7.05. The van der Waals surface area contributed by atoms with Gasteiger partial charge < -0.3 is 14.6 Å². The predicted molar refractivity (Wildman–Crippen MR) is 69.1 cm³/mol. The van der Waals surface area contributed by atoms with Gasteiger partial charge in [0.2, 0.25) is 0 Å². The number of hydrogen-bond donors (Lipinski definition) is 1. The van der Waals surface area contributed by atoms with E-state index in [1.54, 1.807) is 0 Å². The van der Waals surface area contributed by atoms with Gasteiger partial charge in [0, 0.05) is 11.3 Å². The molecule has 1 N–H and O–H groups in total. The lowest BCUT2D eigenvalue weighted by Crippen LogP contribution is -2.43. The predicted octanol–water partition coefficient (Wildman–Crippen LogP) is 1.60. The fourth-order valence-corrected chi connectivity index (χ4v) is 3.82. The van der Waals surface area contributed by atoms with Crippen molar-refractivity contribution >= 4 is 5.97 Å². The highest BCUT2D eigenvalue weighted by Gasteiger charge is 2.71. The molecule has 5 nitrogen and oxygen atoms in total. The number of esters is 1. The van der Waals surface area contributed by atoms with E-state index in [4.69, 9.17) is 9.47 Å². The summed E-state index contributed by atoms with van der Waals surface area (Å²) in [6.45, 7) is 5.90. The van der Waals surface area contributed by atoms with E-state index in [-0.39, 0.29) is 29.5 Å². The van der Waals surface area contributed by atoms with Crippen LogP contribution in [0.15, 0.2) is 0 Å². The van der Waals surface area contributed by atoms with Crippen LogP contribution in [0.5, 0.6) is 0 Å². The van der Waals surface area contributed by atoms with E-state index in [2.05, 4.69) is 6.07 Å². The van der Waals surface area contributed by atoms with Crippen LogP contribution in [0.4, 0.5) is 0 Å². The van der Waals surface area contributed by atoms with Crippen molar-refractivity contribution in [1.29, 1.82) is 5.26 Å². The van der Waals surface area contributed by atoms with Crippen LogP contribution in [0.25, 0.3) is 0 Å². The highest BCUT2D eigenvalue weighted by atomic mass is 16.6. The van der Waals surface area contributed by atoms with E-state index in [0.29, 0.717) is 6.42 Å². The molecule has 2 aliphatic carbocycles. The first-order valence-electron chi connectivity index (χ1n) is 7.31. The summed E-state index contributed by atoms with van der Waals surface area (Å²) in [5, 5.41) is 19.6. The van der Waals surface area contributed by atoms with Crippen molar-refractivity contribution in [2.45, 2.75) is 58.5 Å². The molecule has 2 saturated carbocycles. The summed E-state index contributed by atoms with van der Waals surface area (Å²) in [7, 11) is 0. The van der Waals surface area contributed by atoms with Gasteiger partial charge in [0.1, 0.15) is 12.2 Å². The summed E-state index contributed by atoms with van der Waals surface area (Å²) in [5.41, 5.74) is -1.28. The molecule has 5 unspecified atom stereocenters. The molecule has 6 atom stereocenters. The summed E-state index contributed by atoms with van der Waals surface area (Å²) < 4.78 is 11.2. The van der Waals surface area contributed by atoms with Crippen molar-refractivity contribution < 1.29 is 19.4 Å². The Bertz CT molecular complexity index is 483. The lowest BCUT2D eigenvalue weighted by atomic mass is 9.74. The maximum Gasteiger partial charge on any atom is 0.327 e. The smallest absolute Gasteiger partial charge is 0.327 e. The first kappa shape index (κ1) is 13.8. The molecule has 3 aliphatic rings. The molecule has 1 aliphatic heterocycles. The summed E-state index contributed by atoms with van der Waals surface area (Å²) in [4.78, 5) is 12.0. The quantitative estimate of drug-likeness (QED) is 0.624. The average Bonchev–Trinajstić information content (AvgIpc) is 3.00. The Morgan fingerprint density at radius 1 is 1.65 bits per heavy atom.